The van der Waals surface area contributed by atoms with E-state index in [4.69, 9.17) is 4.98 Å². The van der Waals surface area contributed by atoms with Crippen molar-refractivity contribution in [2.45, 2.75) is 64.2 Å². The third kappa shape index (κ3) is 11.0. The van der Waals surface area contributed by atoms with E-state index in [9.17, 15) is 0 Å². The molecule has 3 aromatic heterocycles. The zero-order chi connectivity index (χ0) is 43.9. The number of hydrogen-bond donors (Lipinski definition) is 0. The average molecular weight is 1020 g/mol. The van der Waals surface area contributed by atoms with Gasteiger partial charge >= 0.3 is 20.1 Å². The van der Waals surface area contributed by atoms with E-state index in [1.807, 2.05) is 55.0 Å². The molecule has 0 atom stereocenters. The van der Waals surface area contributed by atoms with Crippen molar-refractivity contribution in [1.29, 1.82) is 0 Å². The number of aromatic nitrogens is 3. The van der Waals surface area contributed by atoms with Crippen molar-refractivity contribution >= 4 is 0 Å². The van der Waals surface area contributed by atoms with Crippen LogP contribution in [0.4, 0.5) is 0 Å². The van der Waals surface area contributed by atoms with Crippen LogP contribution in [0.15, 0.2) is 195 Å². The van der Waals surface area contributed by atoms with Crippen molar-refractivity contribution < 1.29 is 20.1 Å². The average Bonchev–Trinajstić information content (AvgIpc) is 3.34. The van der Waals surface area contributed by atoms with E-state index < -0.39 is 0 Å². The van der Waals surface area contributed by atoms with Gasteiger partial charge in [-0.3, -0.25) is 0 Å². The van der Waals surface area contributed by atoms with Gasteiger partial charge in [-0.15, -0.1) is 106 Å². The minimum atomic E-state index is -0.109. The number of pyridine rings is 3. The predicted molar refractivity (Wildman–Crippen MR) is 264 cm³/mol. The molecule has 3 heterocycles. The fourth-order valence-corrected chi connectivity index (χ4v) is 8.77. The number of rotatable bonds is 14. The molecule has 6 aromatic carbocycles. The number of benzene rings is 6. The second-order valence-electron chi connectivity index (χ2n) is 18.2. The van der Waals surface area contributed by atoms with Gasteiger partial charge in [-0.2, -0.15) is 0 Å². The van der Waals surface area contributed by atoms with Crippen molar-refractivity contribution in [3.05, 3.63) is 246 Å². The number of nitrogens with zero attached hydrogens (tertiary/aromatic N) is 3. The predicted octanol–water partition coefficient (Wildman–Crippen LogP) is 14.4. The first-order valence-electron chi connectivity index (χ1n) is 22.3. The van der Waals surface area contributed by atoms with Crippen LogP contribution in [0.1, 0.15) is 61.1 Å². The molecule has 0 bridgehead atoms. The van der Waals surface area contributed by atoms with E-state index in [1.165, 1.54) is 50.1 Å². The Hall–Kier alpha value is -6.58. The monoisotopic (exact) mass is 1020 g/mol. The maximum absolute atomic E-state index is 4.74. The smallest absolute Gasteiger partial charge is 0.305 e. The van der Waals surface area contributed by atoms with E-state index in [2.05, 4.69) is 195 Å². The standard InChI is InChI=1S/C61H52N3.Ir/c1-60(2,55-30-26-51(27-31-55)57-14-8-10-35-62-57)42-46-38-45(39-47(40-46)43-61(3,4)56-32-28-52(29-33-56)58-15-9-11-36-63-58)17-16-44-18-20-53(21-19-44)59-41-54(34-37-64-59)50-24-22-49(23-25-50)48-12-6-5-7-13-48;/h5-15,18-20,22-26,28,30-41H,16-17,42-43H2,1-4H3;/q-3;+3. The maximum atomic E-state index is 4.74. The first-order valence-corrected chi connectivity index (χ1v) is 22.3. The molecule has 65 heavy (non-hydrogen) atoms. The van der Waals surface area contributed by atoms with Crippen molar-refractivity contribution in [3.8, 4) is 56.0 Å². The van der Waals surface area contributed by atoms with Gasteiger partial charge < -0.3 is 15.0 Å². The third-order valence-corrected chi connectivity index (χ3v) is 12.4. The Morgan fingerprint density at radius 3 is 1.34 bits per heavy atom. The van der Waals surface area contributed by atoms with Gasteiger partial charge in [-0.25, -0.2) is 0 Å². The summed E-state index contributed by atoms with van der Waals surface area (Å²) in [6.07, 6.45) is 9.23. The van der Waals surface area contributed by atoms with E-state index in [0.717, 1.165) is 65.0 Å². The summed E-state index contributed by atoms with van der Waals surface area (Å²) in [5.41, 5.74) is 18.2. The molecule has 0 aliphatic carbocycles. The number of aryl methyl sites for hydroxylation is 2. The molecule has 0 fully saturated rings. The van der Waals surface area contributed by atoms with Gasteiger partial charge in [0.25, 0.3) is 0 Å². The van der Waals surface area contributed by atoms with E-state index >= 15 is 0 Å². The zero-order valence-electron chi connectivity index (χ0n) is 37.5. The molecule has 9 rings (SSSR count). The molecular formula is C61H52IrN3. The van der Waals surface area contributed by atoms with Crippen molar-refractivity contribution in [1.82, 2.24) is 15.0 Å². The Labute approximate surface area is 399 Å². The quantitative estimate of drug-likeness (QED) is 0.102. The summed E-state index contributed by atoms with van der Waals surface area (Å²) in [7, 11) is 0. The molecule has 3 nitrogen and oxygen atoms in total. The number of hydrogen-bond acceptors (Lipinski definition) is 3. The summed E-state index contributed by atoms with van der Waals surface area (Å²) in [6, 6.07) is 73.1. The molecule has 0 unspecified atom stereocenters. The summed E-state index contributed by atoms with van der Waals surface area (Å²) in [5.74, 6) is 0. The maximum Gasteiger partial charge on any atom is 3.00 e. The van der Waals surface area contributed by atoms with Gasteiger partial charge in [0.2, 0.25) is 0 Å². The SMILES string of the molecule is CC(C)(Cc1cc(CCc2c[c-]c(-c3cc(-c4ccc(-c5ccccc5)cc4)ccn3)cc2)cc(CC(C)(C)c2c[c-]c(-c3ccccn3)cc2)c1)c1c[c-]c(-c2ccccn2)cc1.[Ir+3]. The molecule has 4 heteroatoms. The van der Waals surface area contributed by atoms with Crippen LogP contribution in [-0.2, 0) is 56.6 Å². The summed E-state index contributed by atoms with van der Waals surface area (Å²) >= 11 is 0. The molecular weight excluding hydrogens is 967 g/mol. The molecule has 0 aliphatic rings. The van der Waals surface area contributed by atoms with Gasteiger partial charge in [0.15, 0.2) is 0 Å². The van der Waals surface area contributed by atoms with Crippen LogP contribution in [0, 0.1) is 18.2 Å². The zero-order valence-corrected chi connectivity index (χ0v) is 39.9. The first kappa shape index (κ1) is 45.0. The fraction of sp³-hybridized carbons (Fsp3) is 0.164. The van der Waals surface area contributed by atoms with Crippen LogP contribution >= 0.6 is 0 Å². The molecule has 0 amide bonds. The second kappa shape index (κ2) is 20.1. The summed E-state index contributed by atoms with van der Waals surface area (Å²) in [6.45, 7) is 9.37. The van der Waals surface area contributed by atoms with Gasteiger partial charge in [-0.05, 0) is 104 Å². The Morgan fingerprint density at radius 1 is 0.369 bits per heavy atom. The minimum absolute atomic E-state index is 0. The minimum Gasteiger partial charge on any atom is -0.305 e. The van der Waals surface area contributed by atoms with Crippen LogP contribution in [0.3, 0.4) is 0 Å². The van der Waals surface area contributed by atoms with Gasteiger partial charge in [0.05, 0.1) is 0 Å². The molecule has 0 N–H and O–H groups in total. The Morgan fingerprint density at radius 2 is 0.831 bits per heavy atom. The van der Waals surface area contributed by atoms with Crippen molar-refractivity contribution in [2.75, 3.05) is 0 Å². The van der Waals surface area contributed by atoms with Crippen LogP contribution in [0.2, 0.25) is 0 Å². The van der Waals surface area contributed by atoms with E-state index in [1.54, 1.807) is 0 Å². The van der Waals surface area contributed by atoms with Gasteiger partial charge in [0.1, 0.15) is 0 Å². The first-order chi connectivity index (χ1) is 31.1. The molecule has 9 aromatic rings. The van der Waals surface area contributed by atoms with E-state index in [-0.39, 0.29) is 30.9 Å². The molecule has 0 saturated carbocycles. The second-order valence-corrected chi connectivity index (χ2v) is 18.2. The molecule has 0 radical (unpaired) electrons. The van der Waals surface area contributed by atoms with Gasteiger partial charge in [0, 0.05) is 18.6 Å². The molecule has 320 valence electrons. The molecule has 0 spiro atoms. The van der Waals surface area contributed by atoms with E-state index in [0.29, 0.717) is 0 Å². The van der Waals surface area contributed by atoms with Crippen LogP contribution in [-0.4, -0.2) is 15.0 Å². The van der Waals surface area contributed by atoms with Gasteiger partial charge in [-0.1, -0.05) is 137 Å². The largest absolute Gasteiger partial charge is 3.00 e. The van der Waals surface area contributed by atoms with Crippen molar-refractivity contribution in [2.24, 2.45) is 0 Å². The van der Waals surface area contributed by atoms with Crippen LogP contribution in [0.5, 0.6) is 0 Å². The molecule has 0 saturated heterocycles. The normalized spacial score (nSPS) is 11.5. The Balaban J connectivity index is 0.00000576. The Kier molecular flexibility index (Phi) is 13.9. The summed E-state index contributed by atoms with van der Waals surface area (Å²) in [4.78, 5) is 13.8. The fourth-order valence-electron chi connectivity index (χ4n) is 8.77. The Bertz CT molecular complexity index is 2810. The topological polar surface area (TPSA) is 38.7 Å². The van der Waals surface area contributed by atoms with Crippen molar-refractivity contribution in [3.63, 3.8) is 0 Å². The van der Waals surface area contributed by atoms with Crippen LogP contribution < -0.4 is 0 Å². The third-order valence-electron chi connectivity index (χ3n) is 12.4. The summed E-state index contributed by atoms with van der Waals surface area (Å²) in [5, 5.41) is 0. The van der Waals surface area contributed by atoms with Crippen LogP contribution in [0.25, 0.3) is 56.0 Å². The molecule has 0 aliphatic heterocycles. The summed E-state index contributed by atoms with van der Waals surface area (Å²) < 4.78 is 0.